The predicted molar refractivity (Wildman–Crippen MR) is 66.7 cm³/mol. The third kappa shape index (κ3) is 2.52. The SMILES string of the molecule is OC(c1ccccc1)C(F)(F)c1cccc(Cl)c1. The summed E-state index contributed by atoms with van der Waals surface area (Å²) in [4.78, 5) is 0. The first-order valence-corrected chi connectivity index (χ1v) is 5.76. The second kappa shape index (κ2) is 5.04. The highest BCUT2D eigenvalue weighted by molar-refractivity contribution is 6.30. The molecule has 2 aromatic rings. The summed E-state index contributed by atoms with van der Waals surface area (Å²) in [6.07, 6.45) is -1.89. The minimum absolute atomic E-state index is 0.169. The molecule has 0 aliphatic heterocycles. The van der Waals surface area contributed by atoms with Crippen molar-refractivity contribution in [2.75, 3.05) is 0 Å². The maximum atomic E-state index is 14.1. The quantitative estimate of drug-likeness (QED) is 0.886. The van der Waals surface area contributed by atoms with Gasteiger partial charge in [-0.1, -0.05) is 54.1 Å². The van der Waals surface area contributed by atoms with Crippen molar-refractivity contribution in [2.45, 2.75) is 12.0 Å². The Labute approximate surface area is 109 Å². The van der Waals surface area contributed by atoms with E-state index in [2.05, 4.69) is 0 Å². The lowest BCUT2D eigenvalue weighted by Crippen LogP contribution is -2.23. The monoisotopic (exact) mass is 268 g/mol. The fraction of sp³-hybridized carbons (Fsp3) is 0.143. The molecule has 0 saturated carbocycles. The van der Waals surface area contributed by atoms with E-state index in [0.29, 0.717) is 0 Å². The molecule has 0 fully saturated rings. The van der Waals surface area contributed by atoms with Crippen molar-refractivity contribution in [3.05, 3.63) is 70.7 Å². The lowest BCUT2D eigenvalue weighted by molar-refractivity contribution is -0.117. The maximum absolute atomic E-state index is 14.1. The maximum Gasteiger partial charge on any atom is 0.302 e. The summed E-state index contributed by atoms with van der Waals surface area (Å²) < 4.78 is 28.2. The minimum atomic E-state index is -3.38. The zero-order valence-electron chi connectivity index (χ0n) is 9.35. The van der Waals surface area contributed by atoms with Gasteiger partial charge in [-0.05, 0) is 17.7 Å². The van der Waals surface area contributed by atoms with Crippen molar-refractivity contribution < 1.29 is 13.9 Å². The van der Waals surface area contributed by atoms with E-state index >= 15 is 0 Å². The van der Waals surface area contributed by atoms with Gasteiger partial charge < -0.3 is 5.11 Å². The van der Waals surface area contributed by atoms with Gasteiger partial charge in [0.15, 0.2) is 0 Å². The first-order valence-electron chi connectivity index (χ1n) is 5.38. The molecule has 0 aliphatic carbocycles. The van der Waals surface area contributed by atoms with Gasteiger partial charge in [0, 0.05) is 10.6 Å². The molecule has 0 amide bonds. The van der Waals surface area contributed by atoms with Crippen LogP contribution in [0.15, 0.2) is 54.6 Å². The van der Waals surface area contributed by atoms with E-state index < -0.39 is 12.0 Å². The molecule has 1 N–H and O–H groups in total. The van der Waals surface area contributed by atoms with Crippen LogP contribution in [0.1, 0.15) is 17.2 Å². The first-order chi connectivity index (χ1) is 8.51. The molecule has 0 aliphatic rings. The van der Waals surface area contributed by atoms with Crippen molar-refractivity contribution in [3.8, 4) is 0 Å². The second-order valence-corrected chi connectivity index (χ2v) is 4.38. The van der Waals surface area contributed by atoms with Crippen LogP contribution in [-0.4, -0.2) is 5.11 Å². The Hall–Kier alpha value is -1.45. The second-order valence-electron chi connectivity index (χ2n) is 3.95. The summed E-state index contributed by atoms with van der Waals surface area (Å²) in [5, 5.41) is 10.0. The van der Waals surface area contributed by atoms with E-state index in [1.807, 2.05) is 0 Å². The van der Waals surface area contributed by atoms with Crippen molar-refractivity contribution >= 4 is 11.6 Å². The third-order valence-corrected chi connectivity index (χ3v) is 2.90. The smallest absolute Gasteiger partial charge is 0.302 e. The largest absolute Gasteiger partial charge is 0.382 e. The number of hydrogen-bond acceptors (Lipinski definition) is 1. The van der Waals surface area contributed by atoms with Crippen molar-refractivity contribution in [3.63, 3.8) is 0 Å². The fourth-order valence-corrected chi connectivity index (χ4v) is 1.89. The molecule has 0 radical (unpaired) electrons. The molecule has 18 heavy (non-hydrogen) atoms. The van der Waals surface area contributed by atoms with Crippen LogP contribution in [0, 0.1) is 0 Å². The van der Waals surface area contributed by atoms with Gasteiger partial charge in [0.05, 0.1) is 0 Å². The van der Waals surface area contributed by atoms with Gasteiger partial charge in [0.1, 0.15) is 6.10 Å². The Morgan fingerprint density at radius 3 is 2.28 bits per heavy atom. The van der Waals surface area contributed by atoms with E-state index in [9.17, 15) is 13.9 Å². The summed E-state index contributed by atoms with van der Waals surface area (Å²) in [5.41, 5.74) is -0.131. The molecule has 1 unspecified atom stereocenters. The zero-order valence-corrected chi connectivity index (χ0v) is 10.1. The van der Waals surface area contributed by atoms with E-state index in [0.717, 1.165) is 6.07 Å². The van der Waals surface area contributed by atoms with Crippen LogP contribution in [0.4, 0.5) is 8.78 Å². The Kier molecular flexibility index (Phi) is 3.64. The van der Waals surface area contributed by atoms with Crippen molar-refractivity contribution in [1.29, 1.82) is 0 Å². The molecule has 2 aromatic carbocycles. The summed E-state index contributed by atoms with van der Waals surface area (Å²) in [7, 11) is 0. The van der Waals surface area contributed by atoms with E-state index in [4.69, 9.17) is 11.6 Å². The average Bonchev–Trinajstić information content (AvgIpc) is 2.39. The Balaban J connectivity index is 2.36. The van der Waals surface area contributed by atoms with E-state index in [1.54, 1.807) is 18.2 Å². The molecule has 0 aromatic heterocycles. The number of halogens is 3. The molecule has 94 valence electrons. The van der Waals surface area contributed by atoms with Gasteiger partial charge >= 0.3 is 5.92 Å². The van der Waals surface area contributed by atoms with Gasteiger partial charge in [-0.25, -0.2) is 0 Å². The fourth-order valence-electron chi connectivity index (χ4n) is 1.70. The molecule has 1 atom stereocenters. The van der Waals surface area contributed by atoms with E-state index in [-0.39, 0.29) is 16.1 Å². The molecule has 1 nitrogen and oxygen atoms in total. The van der Waals surface area contributed by atoms with Gasteiger partial charge in [-0.3, -0.25) is 0 Å². The van der Waals surface area contributed by atoms with Crippen LogP contribution in [0.3, 0.4) is 0 Å². The van der Waals surface area contributed by atoms with Gasteiger partial charge in [-0.2, -0.15) is 8.78 Å². The molecule has 0 saturated heterocycles. The number of rotatable bonds is 3. The molecule has 0 heterocycles. The van der Waals surface area contributed by atoms with Gasteiger partial charge in [-0.15, -0.1) is 0 Å². The highest BCUT2D eigenvalue weighted by atomic mass is 35.5. The Morgan fingerprint density at radius 1 is 1.00 bits per heavy atom. The summed E-state index contributed by atoms with van der Waals surface area (Å²) in [6.45, 7) is 0. The number of hydrogen-bond donors (Lipinski definition) is 1. The molecule has 0 bridgehead atoms. The topological polar surface area (TPSA) is 20.2 Å². The van der Waals surface area contributed by atoms with Crippen LogP contribution < -0.4 is 0 Å². The number of alkyl halides is 2. The zero-order chi connectivity index (χ0) is 13.2. The van der Waals surface area contributed by atoms with Crippen LogP contribution in [0.2, 0.25) is 5.02 Å². The molecule has 2 rings (SSSR count). The number of aliphatic hydroxyl groups is 1. The average molecular weight is 269 g/mol. The Bertz CT molecular complexity index is 528. The molecular formula is C14H11ClF2O. The molecule has 4 heteroatoms. The lowest BCUT2D eigenvalue weighted by Gasteiger charge is -2.23. The normalized spacial score (nSPS) is 13.3. The summed E-state index contributed by atoms with van der Waals surface area (Å²) in [5.74, 6) is -3.38. The van der Waals surface area contributed by atoms with Gasteiger partial charge in [0.2, 0.25) is 0 Å². The van der Waals surface area contributed by atoms with Crippen molar-refractivity contribution in [2.24, 2.45) is 0 Å². The first kappa shape index (κ1) is 13.0. The minimum Gasteiger partial charge on any atom is -0.382 e. The lowest BCUT2D eigenvalue weighted by atomic mass is 9.97. The van der Waals surface area contributed by atoms with Crippen LogP contribution >= 0.6 is 11.6 Å². The van der Waals surface area contributed by atoms with Crippen molar-refractivity contribution in [1.82, 2.24) is 0 Å². The number of aliphatic hydroxyl groups excluding tert-OH is 1. The van der Waals surface area contributed by atoms with Crippen LogP contribution in [0.25, 0.3) is 0 Å². The summed E-state index contributed by atoms with van der Waals surface area (Å²) in [6, 6.07) is 13.2. The van der Waals surface area contributed by atoms with Gasteiger partial charge in [0.25, 0.3) is 0 Å². The van der Waals surface area contributed by atoms with Crippen LogP contribution in [0.5, 0.6) is 0 Å². The van der Waals surface area contributed by atoms with Crippen LogP contribution in [-0.2, 0) is 5.92 Å². The molecule has 0 spiro atoms. The standard InChI is InChI=1S/C14H11ClF2O/c15-12-8-4-7-11(9-12)14(16,17)13(18)10-5-2-1-3-6-10/h1-9,13,18H. The third-order valence-electron chi connectivity index (χ3n) is 2.67. The predicted octanol–water partition coefficient (Wildman–Crippen LogP) is 4.17. The highest BCUT2D eigenvalue weighted by Gasteiger charge is 2.41. The Morgan fingerprint density at radius 2 is 1.67 bits per heavy atom. The number of benzene rings is 2. The summed E-state index contributed by atoms with van der Waals surface area (Å²) >= 11 is 5.69. The highest BCUT2D eigenvalue weighted by Crippen LogP contribution is 2.40. The molecular weight excluding hydrogens is 258 g/mol. The van der Waals surface area contributed by atoms with E-state index in [1.165, 1.54) is 30.3 Å².